The molecule has 11 rings (SSSR count). The van der Waals surface area contributed by atoms with Crippen molar-refractivity contribution < 1.29 is 33.9 Å². The highest BCUT2D eigenvalue weighted by atomic mass is 16.3. The first-order chi connectivity index (χ1) is 34.8. The van der Waals surface area contributed by atoms with Gasteiger partial charge in [0.05, 0.1) is 58.3 Å². The van der Waals surface area contributed by atoms with Gasteiger partial charge < -0.3 is 40.3 Å². The molecule has 6 aliphatic heterocycles. The van der Waals surface area contributed by atoms with Crippen LogP contribution in [0.2, 0.25) is 0 Å². The molecule has 0 spiro atoms. The summed E-state index contributed by atoms with van der Waals surface area (Å²) >= 11 is 0. The molecule has 1 aromatic carbocycles. The normalized spacial score (nSPS) is 24.7. The van der Waals surface area contributed by atoms with Gasteiger partial charge in [0, 0.05) is 82.2 Å². The number of aromatic nitrogens is 3. The van der Waals surface area contributed by atoms with Crippen LogP contribution < -0.4 is 31.1 Å². The van der Waals surface area contributed by atoms with E-state index in [1.54, 1.807) is 32.2 Å². The second-order valence-corrected chi connectivity index (χ2v) is 22.6. The van der Waals surface area contributed by atoms with E-state index in [9.17, 15) is 33.9 Å². The Balaban J connectivity index is 0.722. The molecule has 5 N–H and O–H groups in total. The number of pyridine rings is 2. The molecule has 1 unspecified atom stereocenters. The molecule has 4 fully saturated rings. The number of aliphatic hydroxyl groups is 1. The van der Waals surface area contributed by atoms with Crippen LogP contribution >= 0.6 is 0 Å². The number of amides is 6. The second-order valence-electron chi connectivity index (χ2n) is 22.6. The lowest BCUT2D eigenvalue weighted by Crippen LogP contribution is -2.65. The number of piperidine rings is 3. The van der Waals surface area contributed by atoms with Gasteiger partial charge in [0.1, 0.15) is 17.6 Å². The SMILES string of the molecule is C[C@H]1CN(C2CCN(c3ccc4c(c3)C(=O)N(C3CCC(=O)NC3=O)C4=O)CC2)CCN1c1ccc(Nc2cc(N3CCC[C@H](N4CCn5c(cc6c5CC(C)(C)C6)C4=O)[C@@H]3C(C)(C)O)cnc2C(N)=O)nc1. The van der Waals surface area contributed by atoms with Crippen LogP contribution in [0.25, 0.3) is 0 Å². The van der Waals surface area contributed by atoms with Crippen LogP contribution in [0, 0.1) is 5.41 Å². The van der Waals surface area contributed by atoms with E-state index in [2.05, 4.69) is 66.6 Å². The Hall–Kier alpha value is -6.86. The van der Waals surface area contributed by atoms with Gasteiger partial charge in [-0.1, -0.05) is 13.8 Å². The van der Waals surface area contributed by atoms with Crippen molar-refractivity contribution in [3.63, 3.8) is 0 Å². The van der Waals surface area contributed by atoms with Gasteiger partial charge in [0.2, 0.25) is 11.8 Å². The Bertz CT molecular complexity index is 2920. The van der Waals surface area contributed by atoms with E-state index in [-0.39, 0.29) is 47.5 Å². The first-order valence-corrected chi connectivity index (χ1v) is 26.0. The molecule has 4 atom stereocenters. The summed E-state index contributed by atoms with van der Waals surface area (Å²) in [5.74, 6) is -2.19. The van der Waals surface area contributed by atoms with Crippen molar-refractivity contribution in [2.24, 2.45) is 11.1 Å². The minimum Gasteiger partial charge on any atom is -0.388 e. The number of hydrogen-bond donors (Lipinski definition) is 4. The molecule has 0 saturated carbocycles. The maximum atomic E-state index is 14.3. The number of benzene rings is 1. The number of rotatable bonds is 10. The fraction of sp³-hybridized carbons (Fsp3) is 0.519. The van der Waals surface area contributed by atoms with Crippen molar-refractivity contribution in [2.75, 3.05) is 65.8 Å². The largest absolute Gasteiger partial charge is 0.388 e. The van der Waals surface area contributed by atoms with E-state index in [0.29, 0.717) is 41.9 Å². The number of anilines is 5. The lowest BCUT2D eigenvalue weighted by atomic mass is 9.83. The van der Waals surface area contributed by atoms with Crippen molar-refractivity contribution in [2.45, 2.75) is 128 Å². The monoisotopic (exact) mass is 995 g/mol. The maximum Gasteiger partial charge on any atom is 0.270 e. The molecule has 0 radical (unpaired) electrons. The number of nitrogens with zero attached hydrogens (tertiary/aromatic N) is 9. The van der Waals surface area contributed by atoms with Crippen molar-refractivity contribution in [3.05, 3.63) is 88.6 Å². The molecule has 19 nitrogen and oxygen atoms in total. The number of carbonyl (C=O) groups excluding carboxylic acids is 6. The average molecular weight is 995 g/mol. The summed E-state index contributed by atoms with van der Waals surface area (Å²) < 4.78 is 2.22. The number of primary amides is 1. The van der Waals surface area contributed by atoms with E-state index in [4.69, 9.17) is 10.7 Å². The zero-order valence-electron chi connectivity index (χ0n) is 42.4. The molecular formula is C54H66N12O7. The predicted molar refractivity (Wildman–Crippen MR) is 274 cm³/mol. The molecule has 1 aliphatic carbocycles. The van der Waals surface area contributed by atoms with Crippen molar-refractivity contribution in [3.8, 4) is 0 Å². The van der Waals surface area contributed by atoms with Crippen molar-refractivity contribution in [1.29, 1.82) is 0 Å². The summed E-state index contributed by atoms with van der Waals surface area (Å²) in [5.41, 5.74) is 11.7. The Morgan fingerprint density at radius 3 is 2.25 bits per heavy atom. The number of hydrogen-bond acceptors (Lipinski definition) is 14. The number of nitrogens with two attached hydrogens (primary N) is 1. The molecule has 384 valence electrons. The third-order valence-corrected chi connectivity index (χ3v) is 16.6. The number of nitrogens with one attached hydrogen (secondary N) is 2. The van der Waals surface area contributed by atoms with Gasteiger partial charge in [-0.3, -0.25) is 43.9 Å². The van der Waals surface area contributed by atoms with Gasteiger partial charge in [0.15, 0.2) is 5.69 Å². The van der Waals surface area contributed by atoms with E-state index in [1.807, 2.05) is 35.4 Å². The topological polar surface area (TPSA) is 223 Å². The molecule has 7 aliphatic rings. The van der Waals surface area contributed by atoms with Crippen LogP contribution in [0.5, 0.6) is 0 Å². The number of piperazine rings is 1. The van der Waals surface area contributed by atoms with E-state index >= 15 is 0 Å². The highest BCUT2D eigenvalue weighted by Crippen LogP contribution is 2.42. The van der Waals surface area contributed by atoms with Crippen LogP contribution in [0.15, 0.2) is 54.9 Å². The van der Waals surface area contributed by atoms with Gasteiger partial charge in [0.25, 0.3) is 23.6 Å². The van der Waals surface area contributed by atoms with Crippen molar-refractivity contribution in [1.82, 2.24) is 34.6 Å². The Kier molecular flexibility index (Phi) is 12.1. The predicted octanol–water partition coefficient (Wildman–Crippen LogP) is 4.09. The van der Waals surface area contributed by atoms with E-state index in [1.165, 1.54) is 11.3 Å². The summed E-state index contributed by atoms with van der Waals surface area (Å²) in [4.78, 5) is 99.8. The molecule has 9 heterocycles. The zero-order chi connectivity index (χ0) is 51.2. The minimum atomic E-state index is -1.20. The molecule has 6 amide bonds. The summed E-state index contributed by atoms with van der Waals surface area (Å²) in [6.07, 6.45) is 9.01. The standard InChI is InChI=1S/C54H66N12O7/c1-31-30-61(33-14-17-60(18-15-33)34-8-10-37-38(24-34)51(71)66(50(37)70)41-11-13-45(67)59-49(41)69)19-20-62(31)35-9-12-44(56-28-35)58-39-25-36(29-57-46(39)48(55)68)63-16-6-7-40(47(63)54(4,5)73)65-22-21-64-42(52(65)72)23-32-26-53(2,3)27-43(32)64/h8-10,12,23-25,28-29,31,33,40-41,47,73H,6-7,11,13-22,26-27,30H2,1-5H3,(H2,55,68)(H,56,58)(H,59,67,69)/t31-,40-,41?,47+/m0/s1. The second kappa shape index (κ2) is 18.3. The summed E-state index contributed by atoms with van der Waals surface area (Å²) in [7, 11) is 0. The van der Waals surface area contributed by atoms with Crippen LogP contribution in [-0.4, -0.2) is 151 Å². The fourth-order valence-corrected chi connectivity index (χ4v) is 13.2. The first kappa shape index (κ1) is 48.4. The zero-order valence-corrected chi connectivity index (χ0v) is 42.4. The number of imide groups is 2. The van der Waals surface area contributed by atoms with E-state index < -0.39 is 47.2 Å². The van der Waals surface area contributed by atoms with Crippen LogP contribution in [0.1, 0.15) is 126 Å². The Labute approximate surface area is 425 Å². The molecule has 73 heavy (non-hydrogen) atoms. The summed E-state index contributed by atoms with van der Waals surface area (Å²) in [6.45, 7) is 16.4. The lowest BCUT2D eigenvalue weighted by molar-refractivity contribution is -0.136. The van der Waals surface area contributed by atoms with Gasteiger partial charge in [-0.05, 0) is 119 Å². The third kappa shape index (κ3) is 8.76. The fourth-order valence-electron chi connectivity index (χ4n) is 13.2. The summed E-state index contributed by atoms with van der Waals surface area (Å²) in [6, 6.07) is 12.1. The summed E-state index contributed by atoms with van der Waals surface area (Å²) in [5, 5.41) is 17.5. The number of fused-ring (bicyclic) bond motifs is 4. The maximum absolute atomic E-state index is 14.3. The highest BCUT2D eigenvalue weighted by Gasteiger charge is 2.48. The molecular weight excluding hydrogens is 929 g/mol. The van der Waals surface area contributed by atoms with Gasteiger partial charge in [-0.25, -0.2) is 9.97 Å². The number of carbonyl (C=O) groups is 6. The Morgan fingerprint density at radius 1 is 0.795 bits per heavy atom. The average Bonchev–Trinajstić information content (AvgIpc) is 3.94. The lowest BCUT2D eigenvalue weighted by Gasteiger charge is -2.52. The van der Waals surface area contributed by atoms with Crippen molar-refractivity contribution >= 4 is 64.0 Å². The molecule has 4 saturated heterocycles. The highest BCUT2D eigenvalue weighted by molar-refractivity contribution is 6.23. The third-order valence-electron chi connectivity index (χ3n) is 16.6. The Morgan fingerprint density at radius 2 is 1.53 bits per heavy atom. The molecule has 4 aromatic rings. The molecule has 19 heteroatoms. The minimum absolute atomic E-state index is 0.00555. The molecule has 0 bridgehead atoms. The van der Waals surface area contributed by atoms with Gasteiger partial charge in [-0.15, -0.1) is 0 Å². The molecule has 3 aromatic heterocycles. The van der Waals surface area contributed by atoms with Crippen LogP contribution in [-0.2, 0) is 29.0 Å². The van der Waals surface area contributed by atoms with Gasteiger partial charge in [-0.2, -0.15) is 0 Å². The first-order valence-electron chi connectivity index (χ1n) is 26.0. The van der Waals surface area contributed by atoms with Crippen LogP contribution in [0.3, 0.4) is 0 Å². The van der Waals surface area contributed by atoms with E-state index in [0.717, 1.165) is 99.8 Å². The quantitative estimate of drug-likeness (QED) is 0.165. The smallest absolute Gasteiger partial charge is 0.270 e. The van der Waals surface area contributed by atoms with Gasteiger partial charge >= 0.3 is 0 Å². The van der Waals surface area contributed by atoms with Crippen LogP contribution in [0.4, 0.5) is 28.6 Å².